The van der Waals surface area contributed by atoms with Gasteiger partial charge in [-0.1, -0.05) is 105 Å². The third-order valence-electron chi connectivity index (χ3n) is 7.82. The van der Waals surface area contributed by atoms with Gasteiger partial charge in [-0.05, 0) is 67.3 Å². The van der Waals surface area contributed by atoms with Crippen molar-refractivity contribution in [2.24, 2.45) is 17.8 Å². The van der Waals surface area contributed by atoms with E-state index >= 15 is 0 Å². The maximum Gasteiger partial charge on any atom is 0.407 e. The molecule has 3 N–H and O–H groups in total. The zero-order valence-corrected chi connectivity index (χ0v) is 27.7. The lowest BCUT2D eigenvalue weighted by Crippen LogP contribution is -2.50. The van der Waals surface area contributed by atoms with Gasteiger partial charge < -0.3 is 14.8 Å². The van der Waals surface area contributed by atoms with Gasteiger partial charge in [-0.25, -0.2) is 4.79 Å². The molecule has 0 spiro atoms. The molecule has 1 aliphatic carbocycles. The zero-order valence-electron chi connectivity index (χ0n) is 27.7. The number of allylic oxidation sites excluding steroid dienone is 1. The molecule has 3 aromatic carbocycles. The van der Waals surface area contributed by atoms with Crippen molar-refractivity contribution in [3.8, 4) is 11.1 Å². The molecule has 0 bridgehead atoms. The lowest BCUT2D eigenvalue weighted by Gasteiger charge is -2.29. The first-order valence-electron chi connectivity index (χ1n) is 16.0. The van der Waals surface area contributed by atoms with E-state index in [4.69, 9.17) is 9.47 Å². The minimum absolute atomic E-state index is 0.0831. The second-order valence-electron chi connectivity index (χ2n) is 13.1. The SMILES string of the molecule is CC(C)C[C@@H](C(=O)NNC(=O)CNC(=O)OCC1c2ccccc2-c2ccccc21)[C@H](C/C=C/c1ccccc1)C(=O)OC(C)(C)C. The average molecular weight is 640 g/mol. The number of benzene rings is 3. The lowest BCUT2D eigenvalue weighted by molar-refractivity contribution is -0.164. The van der Waals surface area contributed by atoms with Crippen LogP contribution in [0.15, 0.2) is 84.9 Å². The van der Waals surface area contributed by atoms with Crippen molar-refractivity contribution in [2.45, 2.75) is 59.0 Å². The average Bonchev–Trinajstić information content (AvgIpc) is 3.35. The second-order valence-corrected chi connectivity index (χ2v) is 13.1. The Balaban J connectivity index is 1.32. The molecule has 0 unspecified atom stereocenters. The van der Waals surface area contributed by atoms with E-state index in [0.29, 0.717) is 6.42 Å². The lowest BCUT2D eigenvalue weighted by atomic mass is 9.82. The summed E-state index contributed by atoms with van der Waals surface area (Å²) in [7, 11) is 0. The maximum atomic E-state index is 13.4. The van der Waals surface area contributed by atoms with Crippen molar-refractivity contribution in [1.29, 1.82) is 0 Å². The van der Waals surface area contributed by atoms with Gasteiger partial charge in [0.25, 0.3) is 5.91 Å². The minimum atomic E-state index is -0.785. The predicted octanol–water partition coefficient (Wildman–Crippen LogP) is 6.40. The molecule has 0 radical (unpaired) electrons. The first-order chi connectivity index (χ1) is 22.4. The maximum absolute atomic E-state index is 13.4. The molecule has 0 aromatic heterocycles. The van der Waals surface area contributed by atoms with E-state index in [-0.39, 0.29) is 24.9 Å². The zero-order chi connectivity index (χ0) is 34.0. The van der Waals surface area contributed by atoms with Gasteiger partial charge in [-0.2, -0.15) is 0 Å². The van der Waals surface area contributed by atoms with Gasteiger partial charge in [0.05, 0.1) is 11.8 Å². The van der Waals surface area contributed by atoms with Crippen LogP contribution in [0.2, 0.25) is 0 Å². The molecule has 3 aromatic rings. The highest BCUT2D eigenvalue weighted by molar-refractivity contribution is 5.89. The monoisotopic (exact) mass is 639 g/mol. The number of hydrazine groups is 1. The number of hydrogen-bond donors (Lipinski definition) is 3. The van der Waals surface area contributed by atoms with Gasteiger partial charge in [-0.15, -0.1) is 0 Å². The number of esters is 1. The normalized spacial score (nSPS) is 13.7. The van der Waals surface area contributed by atoms with E-state index in [2.05, 4.69) is 28.3 Å². The highest BCUT2D eigenvalue weighted by Crippen LogP contribution is 2.44. The predicted molar refractivity (Wildman–Crippen MR) is 182 cm³/mol. The van der Waals surface area contributed by atoms with Crippen molar-refractivity contribution < 1.29 is 28.7 Å². The number of fused-ring (bicyclic) bond motifs is 3. The topological polar surface area (TPSA) is 123 Å². The van der Waals surface area contributed by atoms with Crippen molar-refractivity contribution >= 4 is 30.0 Å². The fourth-order valence-corrected chi connectivity index (χ4v) is 5.75. The summed E-state index contributed by atoms with van der Waals surface area (Å²) in [5.74, 6) is -3.24. The number of ether oxygens (including phenoxy) is 2. The summed E-state index contributed by atoms with van der Waals surface area (Å²) in [5, 5.41) is 2.44. The standard InChI is InChI=1S/C38H45N3O6/c1-25(2)22-32(31(36(44)47-38(3,4)5)21-13-16-26-14-7-6-8-15-26)35(43)41-40-34(42)23-39-37(45)46-24-33-29-19-11-9-17-27(29)28-18-10-12-20-30(28)33/h6-20,25,31-33H,21-24H2,1-5H3,(H,39,45)(H,40,42)(H,41,43)/b16-13+/t31-,32+/m0/s1. The quantitative estimate of drug-likeness (QED) is 0.156. The molecule has 0 saturated carbocycles. The largest absolute Gasteiger partial charge is 0.460 e. The highest BCUT2D eigenvalue weighted by atomic mass is 16.6. The van der Waals surface area contributed by atoms with Crippen LogP contribution in [0.25, 0.3) is 17.2 Å². The number of carbonyl (C=O) groups is 4. The first-order valence-corrected chi connectivity index (χ1v) is 16.0. The van der Waals surface area contributed by atoms with Gasteiger partial charge in [0, 0.05) is 5.92 Å². The van der Waals surface area contributed by atoms with Crippen LogP contribution in [0, 0.1) is 17.8 Å². The molecular formula is C38H45N3O6. The van der Waals surface area contributed by atoms with Gasteiger partial charge in [0.1, 0.15) is 18.8 Å². The van der Waals surface area contributed by atoms with Crippen LogP contribution in [-0.2, 0) is 23.9 Å². The van der Waals surface area contributed by atoms with Crippen LogP contribution < -0.4 is 16.2 Å². The Morgan fingerprint density at radius 2 is 1.40 bits per heavy atom. The van der Waals surface area contributed by atoms with E-state index in [0.717, 1.165) is 27.8 Å². The number of rotatable bonds is 12. The molecule has 47 heavy (non-hydrogen) atoms. The molecule has 4 rings (SSSR count). The molecule has 0 heterocycles. The summed E-state index contributed by atoms with van der Waals surface area (Å²) in [5.41, 5.74) is 9.44. The Kier molecular flexibility index (Phi) is 11.9. The molecule has 2 atom stereocenters. The highest BCUT2D eigenvalue weighted by Gasteiger charge is 2.36. The summed E-state index contributed by atoms with van der Waals surface area (Å²) < 4.78 is 11.2. The van der Waals surface area contributed by atoms with Crippen LogP contribution in [0.5, 0.6) is 0 Å². The summed E-state index contributed by atoms with van der Waals surface area (Å²) in [6.07, 6.45) is 3.68. The van der Waals surface area contributed by atoms with Crippen LogP contribution in [0.3, 0.4) is 0 Å². The first kappa shape index (κ1) is 34.9. The van der Waals surface area contributed by atoms with Gasteiger partial charge in [0.15, 0.2) is 0 Å². The summed E-state index contributed by atoms with van der Waals surface area (Å²) in [6.45, 7) is 8.96. The molecule has 0 aliphatic heterocycles. The molecule has 9 heteroatoms. The molecule has 9 nitrogen and oxygen atoms in total. The molecular weight excluding hydrogens is 594 g/mol. The number of carbonyl (C=O) groups excluding carboxylic acids is 4. The van der Waals surface area contributed by atoms with Crippen molar-refractivity contribution in [3.63, 3.8) is 0 Å². The van der Waals surface area contributed by atoms with Crippen molar-refractivity contribution in [2.75, 3.05) is 13.2 Å². The summed E-state index contributed by atoms with van der Waals surface area (Å²) >= 11 is 0. The smallest absolute Gasteiger partial charge is 0.407 e. The molecule has 1 aliphatic rings. The van der Waals surface area contributed by atoms with E-state index in [1.165, 1.54) is 0 Å². The Hall–Kier alpha value is -4.92. The molecule has 0 saturated heterocycles. The third kappa shape index (κ3) is 10.0. The molecule has 248 valence electrons. The second kappa shape index (κ2) is 16.1. The number of hydrogen-bond acceptors (Lipinski definition) is 6. The Morgan fingerprint density at radius 1 is 0.809 bits per heavy atom. The van der Waals surface area contributed by atoms with E-state index in [9.17, 15) is 19.2 Å². The summed E-state index contributed by atoms with van der Waals surface area (Å²) in [4.78, 5) is 51.9. The number of nitrogens with one attached hydrogen (secondary N) is 3. The Morgan fingerprint density at radius 3 is 2.00 bits per heavy atom. The number of amides is 3. The van der Waals surface area contributed by atoms with Gasteiger partial charge in [-0.3, -0.25) is 25.2 Å². The third-order valence-corrected chi connectivity index (χ3v) is 7.82. The molecule has 0 fully saturated rings. The van der Waals surface area contributed by atoms with Crippen LogP contribution in [-0.4, -0.2) is 42.6 Å². The minimum Gasteiger partial charge on any atom is -0.460 e. The Bertz CT molecular complexity index is 1530. The summed E-state index contributed by atoms with van der Waals surface area (Å²) in [6, 6.07) is 25.7. The van der Waals surface area contributed by atoms with Crippen LogP contribution in [0.1, 0.15) is 70.1 Å². The van der Waals surface area contributed by atoms with Crippen molar-refractivity contribution in [3.05, 3.63) is 102 Å². The van der Waals surface area contributed by atoms with Crippen LogP contribution in [0.4, 0.5) is 4.79 Å². The van der Waals surface area contributed by atoms with E-state index in [1.54, 1.807) is 20.8 Å². The fraction of sp³-hybridized carbons (Fsp3) is 0.368. The molecule has 3 amide bonds. The van der Waals surface area contributed by atoms with E-state index in [1.807, 2.05) is 92.7 Å². The van der Waals surface area contributed by atoms with Crippen LogP contribution >= 0.6 is 0 Å². The van der Waals surface area contributed by atoms with Gasteiger partial charge >= 0.3 is 12.1 Å². The Labute approximate surface area is 277 Å². The van der Waals surface area contributed by atoms with E-state index < -0.39 is 47.9 Å². The van der Waals surface area contributed by atoms with Crippen molar-refractivity contribution in [1.82, 2.24) is 16.2 Å². The number of alkyl carbamates (subject to hydrolysis) is 1. The van der Waals surface area contributed by atoms with Gasteiger partial charge in [0.2, 0.25) is 5.91 Å². The fourth-order valence-electron chi connectivity index (χ4n) is 5.75.